The maximum Gasteiger partial charge on any atom is 0.272 e. The van der Waals surface area contributed by atoms with Crippen LogP contribution in [0.3, 0.4) is 0 Å². The Morgan fingerprint density at radius 2 is 1.93 bits per heavy atom. The molecule has 1 amide bonds. The van der Waals surface area contributed by atoms with Crippen molar-refractivity contribution in [3.63, 3.8) is 0 Å². The molecule has 0 bridgehead atoms. The van der Waals surface area contributed by atoms with E-state index >= 15 is 0 Å². The van der Waals surface area contributed by atoms with Crippen molar-refractivity contribution in [1.82, 2.24) is 9.88 Å². The van der Waals surface area contributed by atoms with Crippen LogP contribution in [-0.4, -0.2) is 47.5 Å². The molecule has 4 rings (SSSR count). The fourth-order valence-corrected chi connectivity index (χ4v) is 4.38. The highest BCUT2D eigenvalue weighted by Gasteiger charge is 2.22. The summed E-state index contributed by atoms with van der Waals surface area (Å²) in [5.74, 6) is 2.55. The Balaban J connectivity index is 1.79. The lowest BCUT2D eigenvalue weighted by atomic mass is 10.1. The third-order valence-corrected chi connectivity index (χ3v) is 6.13. The lowest BCUT2D eigenvalue weighted by Crippen LogP contribution is -2.38. The number of fused-ring (bicyclic) bond motifs is 1. The molecule has 1 saturated heterocycles. The second-order valence-corrected chi connectivity index (χ2v) is 8.59. The van der Waals surface area contributed by atoms with Crippen molar-refractivity contribution >= 4 is 55.9 Å². The Kier molecular flexibility index (Phi) is 5.73. The number of nitrogens with one attached hydrogen (secondary N) is 1. The van der Waals surface area contributed by atoms with Crippen molar-refractivity contribution in [2.24, 2.45) is 0 Å². The molecule has 3 aromatic rings. The van der Waals surface area contributed by atoms with Gasteiger partial charge in [-0.05, 0) is 36.4 Å². The number of hydrogen-bond acceptors (Lipinski definition) is 5. The highest BCUT2D eigenvalue weighted by molar-refractivity contribution is 9.10. The first-order chi connectivity index (χ1) is 13.7. The number of rotatable bonds is 4. The van der Waals surface area contributed by atoms with E-state index in [-0.39, 0.29) is 5.91 Å². The van der Waals surface area contributed by atoms with E-state index in [1.807, 2.05) is 65.2 Å². The average Bonchev–Trinajstić information content (AvgIpc) is 2.75. The van der Waals surface area contributed by atoms with Crippen LogP contribution in [0.2, 0.25) is 0 Å². The normalized spacial score (nSPS) is 14.1. The summed E-state index contributed by atoms with van der Waals surface area (Å²) >= 11 is 5.33. The number of hydrogen-bond donors (Lipinski definition) is 1. The van der Waals surface area contributed by atoms with Gasteiger partial charge in [-0.15, -0.1) is 0 Å². The van der Waals surface area contributed by atoms with Gasteiger partial charge in [-0.3, -0.25) is 4.79 Å². The van der Waals surface area contributed by atoms with E-state index in [0.717, 1.165) is 45.8 Å². The van der Waals surface area contributed by atoms with Crippen LogP contribution in [0, 0.1) is 0 Å². The maximum absolute atomic E-state index is 13.1. The molecule has 144 valence electrons. The average molecular weight is 458 g/mol. The number of amides is 1. The third kappa shape index (κ3) is 3.95. The third-order valence-electron chi connectivity index (χ3n) is 4.66. The molecule has 0 aliphatic carbocycles. The van der Waals surface area contributed by atoms with Crippen LogP contribution in [0.15, 0.2) is 53.0 Å². The number of thioether (sulfide) groups is 1. The van der Waals surface area contributed by atoms with Crippen LogP contribution >= 0.6 is 27.7 Å². The SMILES string of the molecule is COc1cccc2c(Nc3ccc(Br)cc3)cc(C(=O)N3CCSCC3)nc12. The van der Waals surface area contributed by atoms with Crippen LogP contribution in [-0.2, 0) is 0 Å². The number of carbonyl (C=O) groups is 1. The zero-order valence-electron chi connectivity index (χ0n) is 15.4. The summed E-state index contributed by atoms with van der Waals surface area (Å²) in [4.78, 5) is 19.6. The van der Waals surface area contributed by atoms with Gasteiger partial charge >= 0.3 is 0 Å². The number of para-hydroxylation sites is 1. The number of ether oxygens (including phenoxy) is 1. The van der Waals surface area contributed by atoms with Gasteiger partial charge in [0.1, 0.15) is 17.0 Å². The fourth-order valence-electron chi connectivity index (χ4n) is 3.22. The number of nitrogens with zero attached hydrogens (tertiary/aromatic N) is 2. The summed E-state index contributed by atoms with van der Waals surface area (Å²) in [7, 11) is 1.62. The number of methoxy groups -OCH3 is 1. The van der Waals surface area contributed by atoms with E-state index in [4.69, 9.17) is 4.74 Å². The first-order valence-electron chi connectivity index (χ1n) is 9.03. The van der Waals surface area contributed by atoms with Gasteiger partial charge in [0.25, 0.3) is 5.91 Å². The van der Waals surface area contributed by atoms with Gasteiger partial charge in [-0.1, -0.05) is 28.1 Å². The number of carbonyl (C=O) groups excluding carboxylic acids is 1. The molecule has 1 aliphatic heterocycles. The zero-order valence-corrected chi connectivity index (χ0v) is 17.8. The molecule has 0 spiro atoms. The summed E-state index contributed by atoms with van der Waals surface area (Å²) in [5, 5.41) is 4.34. The molecule has 0 atom stereocenters. The van der Waals surface area contributed by atoms with E-state index in [9.17, 15) is 4.79 Å². The highest BCUT2D eigenvalue weighted by Crippen LogP contribution is 2.32. The Morgan fingerprint density at radius 3 is 2.64 bits per heavy atom. The fraction of sp³-hybridized carbons (Fsp3) is 0.238. The molecule has 1 fully saturated rings. The van der Waals surface area contributed by atoms with Crippen LogP contribution in [0.4, 0.5) is 11.4 Å². The second kappa shape index (κ2) is 8.41. The molecule has 1 aliphatic rings. The highest BCUT2D eigenvalue weighted by atomic mass is 79.9. The number of pyridine rings is 1. The first kappa shape index (κ1) is 19.1. The predicted molar refractivity (Wildman–Crippen MR) is 119 cm³/mol. The molecule has 0 radical (unpaired) electrons. The van der Waals surface area contributed by atoms with Crippen LogP contribution in [0.1, 0.15) is 10.5 Å². The van der Waals surface area contributed by atoms with Crippen molar-refractivity contribution < 1.29 is 9.53 Å². The minimum absolute atomic E-state index is 0.0352. The van der Waals surface area contributed by atoms with Crippen molar-refractivity contribution in [2.45, 2.75) is 0 Å². The Morgan fingerprint density at radius 1 is 1.18 bits per heavy atom. The number of anilines is 2. The molecule has 0 saturated carbocycles. The number of benzene rings is 2. The molecule has 28 heavy (non-hydrogen) atoms. The quantitative estimate of drug-likeness (QED) is 0.601. The van der Waals surface area contributed by atoms with E-state index in [0.29, 0.717) is 17.0 Å². The van der Waals surface area contributed by atoms with Gasteiger partial charge in [0, 0.05) is 40.1 Å². The standard InChI is InChI=1S/C21H20BrN3O2S/c1-27-19-4-2-3-16-17(23-15-7-5-14(22)6-8-15)13-18(24-20(16)19)21(26)25-9-11-28-12-10-25/h2-8,13H,9-12H2,1H3,(H,23,24). The van der Waals surface area contributed by atoms with E-state index < -0.39 is 0 Å². The Hall–Kier alpha value is -2.25. The lowest BCUT2D eigenvalue weighted by Gasteiger charge is -2.26. The minimum atomic E-state index is -0.0352. The Bertz CT molecular complexity index is 1000. The largest absolute Gasteiger partial charge is 0.494 e. The molecule has 2 aromatic carbocycles. The summed E-state index contributed by atoms with van der Waals surface area (Å²) in [6.07, 6.45) is 0. The van der Waals surface area contributed by atoms with E-state index in [1.54, 1.807) is 7.11 Å². The van der Waals surface area contributed by atoms with E-state index in [1.165, 1.54) is 0 Å². The summed E-state index contributed by atoms with van der Waals surface area (Å²) in [6.45, 7) is 1.51. The molecule has 1 aromatic heterocycles. The van der Waals surface area contributed by atoms with E-state index in [2.05, 4.69) is 26.2 Å². The summed E-state index contributed by atoms with van der Waals surface area (Å²) in [6, 6.07) is 15.5. The summed E-state index contributed by atoms with van der Waals surface area (Å²) in [5.41, 5.74) is 2.89. The molecular formula is C21H20BrN3O2S. The van der Waals surface area contributed by atoms with Crippen molar-refractivity contribution in [3.8, 4) is 5.75 Å². The molecular weight excluding hydrogens is 438 g/mol. The predicted octanol–water partition coefficient (Wildman–Crippen LogP) is 4.94. The van der Waals surface area contributed by atoms with Crippen LogP contribution < -0.4 is 10.1 Å². The smallest absolute Gasteiger partial charge is 0.272 e. The second-order valence-electron chi connectivity index (χ2n) is 6.45. The molecule has 5 nitrogen and oxygen atoms in total. The van der Waals surface area contributed by atoms with Gasteiger partial charge in [-0.25, -0.2) is 4.98 Å². The zero-order chi connectivity index (χ0) is 19.5. The first-order valence-corrected chi connectivity index (χ1v) is 11.0. The van der Waals surface area contributed by atoms with Crippen molar-refractivity contribution in [3.05, 3.63) is 58.7 Å². The molecule has 0 unspecified atom stereocenters. The number of aromatic nitrogens is 1. The van der Waals surface area contributed by atoms with Gasteiger partial charge in [0.2, 0.25) is 0 Å². The lowest BCUT2D eigenvalue weighted by molar-refractivity contribution is 0.0767. The monoisotopic (exact) mass is 457 g/mol. The van der Waals surface area contributed by atoms with Gasteiger partial charge in [-0.2, -0.15) is 11.8 Å². The number of halogens is 1. The van der Waals surface area contributed by atoms with Gasteiger partial charge in [0.05, 0.1) is 12.8 Å². The summed E-state index contributed by atoms with van der Waals surface area (Å²) < 4.78 is 6.52. The van der Waals surface area contributed by atoms with Crippen LogP contribution in [0.5, 0.6) is 5.75 Å². The van der Waals surface area contributed by atoms with Crippen molar-refractivity contribution in [2.75, 3.05) is 37.0 Å². The van der Waals surface area contributed by atoms with Gasteiger partial charge < -0.3 is 15.0 Å². The molecule has 2 heterocycles. The van der Waals surface area contributed by atoms with Crippen LogP contribution in [0.25, 0.3) is 10.9 Å². The maximum atomic E-state index is 13.1. The topological polar surface area (TPSA) is 54.5 Å². The van der Waals surface area contributed by atoms with Crippen molar-refractivity contribution in [1.29, 1.82) is 0 Å². The minimum Gasteiger partial charge on any atom is -0.494 e. The molecule has 7 heteroatoms. The Labute approximate surface area is 176 Å². The van der Waals surface area contributed by atoms with Gasteiger partial charge in [0.15, 0.2) is 0 Å². The molecule has 1 N–H and O–H groups in total.